The predicted molar refractivity (Wildman–Crippen MR) is 257 cm³/mol. The average Bonchev–Trinajstić information content (AvgIpc) is 3.92. The van der Waals surface area contributed by atoms with Gasteiger partial charge in [0.1, 0.15) is 0 Å². The molecule has 2 nitrogen and oxygen atoms in total. The molecule has 1 aliphatic heterocycles. The lowest BCUT2D eigenvalue weighted by Crippen LogP contribution is -2.74. The summed E-state index contributed by atoms with van der Waals surface area (Å²) in [5, 5.41) is 7.49. The zero-order valence-corrected chi connectivity index (χ0v) is 34.6. The molecule has 0 radical (unpaired) electrons. The molecule has 0 N–H and O–H groups in total. The second-order valence-corrected chi connectivity index (χ2v) is 22.1. The molecular formula is C58H46N2Si. The van der Waals surface area contributed by atoms with Crippen LogP contribution in [0.3, 0.4) is 0 Å². The molecule has 5 aliphatic rings. The van der Waals surface area contributed by atoms with Gasteiger partial charge in [0.2, 0.25) is 0 Å². The molecule has 1 spiro atoms. The molecule has 4 bridgehead atoms. The lowest BCUT2D eigenvalue weighted by atomic mass is 9.41. The molecule has 15 rings (SSSR count). The van der Waals surface area contributed by atoms with Crippen LogP contribution >= 0.6 is 0 Å². The minimum atomic E-state index is -2.95. The van der Waals surface area contributed by atoms with Gasteiger partial charge < -0.3 is 9.13 Å². The Morgan fingerprint density at radius 1 is 0.443 bits per heavy atom. The summed E-state index contributed by atoms with van der Waals surface area (Å²) in [5.74, 6) is 2.54. The van der Waals surface area contributed by atoms with E-state index in [4.69, 9.17) is 8.22 Å². The molecule has 0 saturated heterocycles. The van der Waals surface area contributed by atoms with Crippen molar-refractivity contribution < 1.29 is 11.0 Å². The number of nitrogens with zero attached hydrogens (tertiary/aromatic N) is 2. The van der Waals surface area contributed by atoms with Crippen molar-refractivity contribution in [3.05, 3.63) is 205 Å². The number of aromatic nitrogens is 2. The minimum absolute atomic E-state index is 0.0823. The van der Waals surface area contributed by atoms with Gasteiger partial charge in [-0.05, 0) is 124 Å². The van der Waals surface area contributed by atoms with Crippen molar-refractivity contribution >= 4 is 72.4 Å². The van der Waals surface area contributed by atoms with Crippen molar-refractivity contribution in [3.8, 4) is 11.4 Å². The van der Waals surface area contributed by atoms with Gasteiger partial charge in [-0.15, -0.1) is 0 Å². The standard InChI is InChI=1S/C58H46N2Si/c1-4-15-43(16-5-1)61(44-17-6-2-7-18-44,45-19-8-3-9-20-45)46-28-29-51-56(37-46)60-55-30-27-42(59-53-25-12-10-21-47(53)48-22-11-13-26-54(48)59)36-50(55)49-23-14-24-52(57(49)60)58(51)40-32-38-31-39(34-40)35-41(58)33-38/h1-30,36-41H,31-35H2/i10D,11D,12D,13D,21D,22D,25D,26D. The second-order valence-electron chi connectivity index (χ2n) is 18.3. The maximum atomic E-state index is 9.26. The Hall–Kier alpha value is -6.42. The molecule has 3 heterocycles. The van der Waals surface area contributed by atoms with Crippen LogP contribution in [0, 0.1) is 23.7 Å². The minimum Gasteiger partial charge on any atom is -0.309 e. The van der Waals surface area contributed by atoms with Crippen LogP contribution in [0.5, 0.6) is 0 Å². The lowest BCUT2D eigenvalue weighted by Gasteiger charge is -2.63. The van der Waals surface area contributed by atoms with Crippen LogP contribution in [-0.2, 0) is 5.41 Å². The van der Waals surface area contributed by atoms with Crippen molar-refractivity contribution in [2.75, 3.05) is 0 Å². The van der Waals surface area contributed by atoms with E-state index in [1.807, 2.05) is 6.07 Å². The summed E-state index contributed by atoms with van der Waals surface area (Å²) >= 11 is 0. The number of hydrogen-bond donors (Lipinski definition) is 0. The zero-order valence-electron chi connectivity index (χ0n) is 41.6. The Morgan fingerprint density at radius 3 is 1.61 bits per heavy atom. The molecule has 4 aliphatic carbocycles. The maximum Gasteiger partial charge on any atom is 0.179 e. The number of rotatable bonds is 5. The SMILES string of the molecule is [2H]c1c([2H])c([2H])c2c(c1[2H])c1c([2H])c([2H])c([2H])c([2H])c1n2-c1ccc2c(c1)c1cccc3c1n2-c1cc([Si](c2ccccc2)(c2ccccc2)c2ccccc2)ccc1C31C2CC3CC(C2)CC1C3. The maximum absolute atomic E-state index is 9.26. The highest BCUT2D eigenvalue weighted by Crippen LogP contribution is 2.68. The summed E-state index contributed by atoms with van der Waals surface area (Å²) < 4.78 is 75.6. The molecule has 4 saturated carbocycles. The molecule has 8 aromatic carbocycles. The molecule has 2 aromatic heterocycles. The highest BCUT2D eigenvalue weighted by atomic mass is 28.3. The van der Waals surface area contributed by atoms with E-state index in [2.05, 4.69) is 144 Å². The molecule has 292 valence electrons. The molecule has 0 atom stereocenters. The second kappa shape index (κ2) is 12.6. The van der Waals surface area contributed by atoms with Gasteiger partial charge in [0.25, 0.3) is 0 Å². The molecule has 4 fully saturated rings. The van der Waals surface area contributed by atoms with Crippen LogP contribution in [-0.4, -0.2) is 17.2 Å². The topological polar surface area (TPSA) is 9.86 Å². The number of hydrogen-bond acceptors (Lipinski definition) is 0. The van der Waals surface area contributed by atoms with Gasteiger partial charge >= 0.3 is 0 Å². The number of fused-ring (bicyclic) bond motifs is 8. The van der Waals surface area contributed by atoms with E-state index in [1.165, 1.54) is 75.2 Å². The van der Waals surface area contributed by atoms with Gasteiger partial charge in [-0.25, -0.2) is 0 Å². The van der Waals surface area contributed by atoms with Crippen LogP contribution in [0.15, 0.2) is 194 Å². The van der Waals surface area contributed by atoms with Crippen LogP contribution < -0.4 is 20.7 Å². The highest BCUT2D eigenvalue weighted by Gasteiger charge is 2.61. The first-order valence-corrected chi connectivity index (χ1v) is 24.0. The Labute approximate surface area is 369 Å². The van der Waals surface area contributed by atoms with E-state index in [0.717, 1.165) is 28.1 Å². The van der Waals surface area contributed by atoms with E-state index >= 15 is 0 Å². The number of benzene rings is 8. The molecular weight excluding hydrogens is 753 g/mol. The Bertz CT molecular complexity index is 3640. The highest BCUT2D eigenvalue weighted by molar-refractivity contribution is 7.19. The third-order valence-corrected chi connectivity index (χ3v) is 20.4. The van der Waals surface area contributed by atoms with Gasteiger partial charge in [0.15, 0.2) is 8.07 Å². The summed E-state index contributed by atoms with van der Waals surface area (Å²) in [6, 6.07) is 50.9. The Morgan fingerprint density at radius 2 is 1.02 bits per heavy atom. The van der Waals surface area contributed by atoms with Gasteiger partial charge in [0, 0.05) is 32.6 Å². The van der Waals surface area contributed by atoms with Crippen molar-refractivity contribution in [1.82, 2.24) is 9.13 Å². The van der Waals surface area contributed by atoms with Gasteiger partial charge in [-0.2, -0.15) is 0 Å². The smallest absolute Gasteiger partial charge is 0.179 e. The third kappa shape index (κ3) is 4.42. The van der Waals surface area contributed by atoms with Crippen LogP contribution in [0.2, 0.25) is 0 Å². The summed E-state index contributed by atoms with van der Waals surface area (Å²) in [6.45, 7) is 0. The van der Waals surface area contributed by atoms with Crippen molar-refractivity contribution in [2.45, 2.75) is 37.5 Å². The zero-order chi connectivity index (χ0) is 46.8. The largest absolute Gasteiger partial charge is 0.309 e. The first kappa shape index (κ1) is 27.4. The van der Waals surface area contributed by atoms with Crippen LogP contribution in [0.25, 0.3) is 55.0 Å². The van der Waals surface area contributed by atoms with E-state index in [0.29, 0.717) is 17.5 Å². The Kier molecular flexibility index (Phi) is 5.65. The summed E-state index contributed by atoms with van der Waals surface area (Å²) in [4.78, 5) is 0. The van der Waals surface area contributed by atoms with Gasteiger partial charge in [0.05, 0.1) is 38.7 Å². The van der Waals surface area contributed by atoms with Crippen LogP contribution in [0.4, 0.5) is 0 Å². The molecule has 10 aromatic rings. The van der Waals surface area contributed by atoms with E-state index in [-0.39, 0.29) is 51.4 Å². The predicted octanol–water partition coefficient (Wildman–Crippen LogP) is 11.3. The lowest BCUT2D eigenvalue weighted by molar-refractivity contribution is -0.0418. The van der Waals surface area contributed by atoms with Crippen molar-refractivity contribution in [1.29, 1.82) is 0 Å². The summed E-state index contributed by atoms with van der Waals surface area (Å²) in [7, 11) is -2.95. The molecule has 3 heteroatoms. The van der Waals surface area contributed by atoms with E-state index < -0.39 is 32.2 Å². The summed E-state index contributed by atoms with van der Waals surface area (Å²) in [5.41, 5.74) is 6.87. The number of para-hydroxylation sites is 3. The van der Waals surface area contributed by atoms with E-state index in [1.54, 1.807) is 4.57 Å². The van der Waals surface area contributed by atoms with Gasteiger partial charge in [-0.1, -0.05) is 158 Å². The van der Waals surface area contributed by atoms with Crippen LogP contribution in [0.1, 0.15) is 54.2 Å². The fraction of sp³-hybridized carbons (Fsp3) is 0.172. The monoisotopic (exact) mass is 806 g/mol. The average molecular weight is 807 g/mol. The van der Waals surface area contributed by atoms with Crippen molar-refractivity contribution in [3.63, 3.8) is 0 Å². The first-order chi connectivity index (χ1) is 33.5. The fourth-order valence-electron chi connectivity index (χ4n) is 13.8. The van der Waals surface area contributed by atoms with Gasteiger partial charge in [-0.3, -0.25) is 0 Å². The molecule has 0 unspecified atom stereocenters. The quantitative estimate of drug-likeness (QED) is 0.121. The fourth-order valence-corrected chi connectivity index (χ4v) is 18.5. The molecule has 0 amide bonds. The van der Waals surface area contributed by atoms with Crippen molar-refractivity contribution in [2.24, 2.45) is 23.7 Å². The third-order valence-electron chi connectivity index (χ3n) is 15.7. The first-order valence-electron chi connectivity index (χ1n) is 26.0. The summed E-state index contributed by atoms with van der Waals surface area (Å²) in [6.07, 6.45) is 6.28. The Balaban J connectivity index is 1.11. The van der Waals surface area contributed by atoms with E-state index in [9.17, 15) is 2.74 Å². The normalized spacial score (nSPS) is 24.3. The molecule has 61 heavy (non-hydrogen) atoms.